The molecule has 0 saturated carbocycles. The van der Waals surface area contributed by atoms with Gasteiger partial charge in [-0.3, -0.25) is 4.79 Å². The van der Waals surface area contributed by atoms with E-state index in [9.17, 15) is 4.79 Å². The van der Waals surface area contributed by atoms with Crippen molar-refractivity contribution < 1.29 is 9.53 Å². The lowest BCUT2D eigenvalue weighted by molar-refractivity contribution is -0.128. The van der Waals surface area contributed by atoms with Crippen LogP contribution in [0.1, 0.15) is 38.2 Å². The number of carbonyl (C=O) groups is 1. The number of piperidine rings is 1. The lowest BCUT2D eigenvalue weighted by Gasteiger charge is -2.28. The summed E-state index contributed by atoms with van der Waals surface area (Å²) in [7, 11) is 0. The molecule has 0 unspecified atom stereocenters. The van der Waals surface area contributed by atoms with E-state index in [0.29, 0.717) is 13.0 Å². The van der Waals surface area contributed by atoms with Crippen LogP contribution in [0.4, 0.5) is 5.69 Å². The van der Waals surface area contributed by atoms with E-state index in [4.69, 9.17) is 4.74 Å². The first-order valence-electron chi connectivity index (χ1n) is 11.0. The normalized spacial score (nSPS) is 15.0. The molecule has 4 rings (SSSR count). The molecule has 1 fully saturated rings. The molecule has 4 nitrogen and oxygen atoms in total. The van der Waals surface area contributed by atoms with E-state index >= 15 is 0 Å². The number of carbonyl (C=O) groups excluding carboxylic acids is 1. The Morgan fingerprint density at radius 3 is 2.47 bits per heavy atom. The van der Waals surface area contributed by atoms with E-state index in [1.165, 1.54) is 24.9 Å². The number of hydrogen-bond donors (Lipinski definition) is 1. The van der Waals surface area contributed by atoms with Crippen LogP contribution in [-0.4, -0.2) is 25.1 Å². The molecular formula is C26H30N2O2. The first-order valence-corrected chi connectivity index (χ1v) is 11.0. The van der Waals surface area contributed by atoms with E-state index in [2.05, 4.69) is 46.6 Å². The van der Waals surface area contributed by atoms with Gasteiger partial charge in [0.2, 0.25) is 0 Å². The van der Waals surface area contributed by atoms with E-state index < -0.39 is 6.10 Å². The molecule has 1 atom stereocenters. The molecule has 0 bridgehead atoms. The van der Waals surface area contributed by atoms with Crippen molar-refractivity contribution in [3.8, 4) is 5.75 Å². The zero-order valence-electron chi connectivity index (χ0n) is 17.6. The van der Waals surface area contributed by atoms with Crippen LogP contribution in [-0.2, 0) is 11.3 Å². The largest absolute Gasteiger partial charge is 0.480 e. The van der Waals surface area contributed by atoms with Gasteiger partial charge in [0.15, 0.2) is 6.10 Å². The topological polar surface area (TPSA) is 41.6 Å². The minimum Gasteiger partial charge on any atom is -0.480 e. The Morgan fingerprint density at radius 1 is 0.967 bits per heavy atom. The Balaban J connectivity index is 1.36. The van der Waals surface area contributed by atoms with Gasteiger partial charge in [-0.05, 0) is 54.8 Å². The Hall–Kier alpha value is -3.01. The predicted octanol–water partition coefficient (Wildman–Crippen LogP) is 5.30. The summed E-state index contributed by atoms with van der Waals surface area (Å²) in [5, 5.41) is 5.18. The highest BCUT2D eigenvalue weighted by Gasteiger charge is 2.19. The first-order chi connectivity index (χ1) is 14.7. The molecule has 4 heteroatoms. The monoisotopic (exact) mass is 402 g/mol. The Kier molecular flexibility index (Phi) is 6.53. The molecule has 1 saturated heterocycles. The first kappa shape index (κ1) is 20.3. The number of nitrogens with zero attached hydrogens (tertiary/aromatic N) is 1. The van der Waals surface area contributed by atoms with Gasteiger partial charge in [0.05, 0.1) is 0 Å². The molecule has 1 N–H and O–H groups in total. The van der Waals surface area contributed by atoms with Crippen LogP contribution in [0, 0.1) is 0 Å². The molecule has 1 heterocycles. The summed E-state index contributed by atoms with van der Waals surface area (Å²) in [6.07, 6.45) is 3.98. The zero-order chi connectivity index (χ0) is 20.8. The second-order valence-corrected chi connectivity index (χ2v) is 7.92. The molecular weight excluding hydrogens is 372 g/mol. The van der Waals surface area contributed by atoms with Crippen LogP contribution in [0.3, 0.4) is 0 Å². The standard InChI is InChI=1S/C26H30N2O2/c1-2-24(30-25-12-8-10-21-9-4-5-11-23(21)25)26(29)27-19-20-13-15-22(16-14-20)28-17-6-3-7-18-28/h4-5,8-16,24H,2-3,6-7,17-19H2,1H3,(H,27,29)/t24-/m0/s1. The third kappa shape index (κ3) is 4.76. The average molecular weight is 403 g/mol. The Morgan fingerprint density at radius 2 is 1.70 bits per heavy atom. The minimum absolute atomic E-state index is 0.0782. The summed E-state index contributed by atoms with van der Waals surface area (Å²) in [6, 6.07) is 22.6. The predicted molar refractivity (Wildman–Crippen MR) is 123 cm³/mol. The van der Waals surface area contributed by atoms with Gasteiger partial charge in [-0.25, -0.2) is 0 Å². The highest BCUT2D eigenvalue weighted by Crippen LogP contribution is 2.26. The van der Waals surface area contributed by atoms with Gasteiger partial charge in [-0.2, -0.15) is 0 Å². The van der Waals surface area contributed by atoms with Crippen molar-refractivity contribution in [3.05, 3.63) is 72.3 Å². The van der Waals surface area contributed by atoms with E-state index in [-0.39, 0.29) is 5.91 Å². The van der Waals surface area contributed by atoms with Gasteiger partial charge in [0.25, 0.3) is 5.91 Å². The van der Waals surface area contributed by atoms with Gasteiger partial charge in [0.1, 0.15) is 5.75 Å². The number of hydrogen-bond acceptors (Lipinski definition) is 3. The third-order valence-corrected chi connectivity index (χ3v) is 5.81. The minimum atomic E-state index is -0.511. The molecule has 3 aromatic rings. The summed E-state index contributed by atoms with van der Waals surface area (Å²) in [5.74, 6) is 0.673. The van der Waals surface area contributed by atoms with Gasteiger partial charge in [-0.15, -0.1) is 0 Å². The van der Waals surface area contributed by atoms with Crippen LogP contribution in [0.15, 0.2) is 66.7 Å². The Labute approximate surface area is 178 Å². The summed E-state index contributed by atoms with van der Waals surface area (Å²) in [4.78, 5) is 15.2. The van der Waals surface area contributed by atoms with Crippen molar-refractivity contribution in [1.29, 1.82) is 0 Å². The highest BCUT2D eigenvalue weighted by atomic mass is 16.5. The molecule has 3 aromatic carbocycles. The van der Waals surface area contributed by atoms with Gasteiger partial charge >= 0.3 is 0 Å². The van der Waals surface area contributed by atoms with Crippen molar-refractivity contribution in [2.75, 3.05) is 18.0 Å². The third-order valence-electron chi connectivity index (χ3n) is 5.81. The number of benzene rings is 3. The molecule has 0 aliphatic carbocycles. The van der Waals surface area contributed by atoms with Gasteiger partial charge in [-0.1, -0.05) is 55.5 Å². The summed E-state index contributed by atoms with van der Waals surface area (Å²) >= 11 is 0. The second kappa shape index (κ2) is 9.66. The smallest absolute Gasteiger partial charge is 0.261 e. The maximum atomic E-state index is 12.8. The fraction of sp³-hybridized carbons (Fsp3) is 0.346. The molecule has 1 aliphatic rings. The van der Waals surface area contributed by atoms with Gasteiger partial charge < -0.3 is 15.0 Å². The summed E-state index contributed by atoms with van der Waals surface area (Å²) in [6.45, 7) is 4.76. The fourth-order valence-corrected chi connectivity index (χ4v) is 4.05. The van der Waals surface area contributed by atoms with Crippen molar-refractivity contribution in [1.82, 2.24) is 5.32 Å². The van der Waals surface area contributed by atoms with Crippen molar-refractivity contribution in [2.45, 2.75) is 45.3 Å². The molecule has 30 heavy (non-hydrogen) atoms. The average Bonchev–Trinajstić information content (AvgIpc) is 2.82. The number of amides is 1. The maximum Gasteiger partial charge on any atom is 0.261 e. The molecule has 0 aromatic heterocycles. The molecule has 156 valence electrons. The summed E-state index contributed by atoms with van der Waals surface area (Å²) < 4.78 is 6.11. The van der Waals surface area contributed by atoms with Crippen LogP contribution in [0.25, 0.3) is 10.8 Å². The lowest BCUT2D eigenvalue weighted by atomic mass is 10.1. The van der Waals surface area contributed by atoms with E-state index in [1.807, 2.05) is 37.3 Å². The van der Waals surface area contributed by atoms with Crippen LogP contribution >= 0.6 is 0 Å². The summed E-state index contributed by atoms with van der Waals surface area (Å²) in [5.41, 5.74) is 2.37. The Bertz CT molecular complexity index is 972. The van der Waals surface area contributed by atoms with Crippen molar-refractivity contribution in [2.24, 2.45) is 0 Å². The van der Waals surface area contributed by atoms with Crippen LogP contribution in [0.5, 0.6) is 5.75 Å². The van der Waals surface area contributed by atoms with Crippen molar-refractivity contribution >= 4 is 22.4 Å². The molecule has 0 radical (unpaired) electrons. The molecule has 0 spiro atoms. The van der Waals surface area contributed by atoms with E-state index in [1.54, 1.807) is 0 Å². The van der Waals surface area contributed by atoms with Crippen molar-refractivity contribution in [3.63, 3.8) is 0 Å². The number of fused-ring (bicyclic) bond motifs is 1. The molecule has 1 aliphatic heterocycles. The van der Waals surface area contributed by atoms with E-state index in [0.717, 1.165) is 35.2 Å². The van der Waals surface area contributed by atoms with Crippen LogP contribution < -0.4 is 15.0 Å². The molecule has 1 amide bonds. The fourth-order valence-electron chi connectivity index (χ4n) is 4.05. The number of anilines is 1. The zero-order valence-corrected chi connectivity index (χ0v) is 17.6. The second-order valence-electron chi connectivity index (χ2n) is 7.92. The highest BCUT2D eigenvalue weighted by molar-refractivity contribution is 5.89. The quantitative estimate of drug-likeness (QED) is 0.583. The number of nitrogens with one attached hydrogen (secondary N) is 1. The lowest BCUT2D eigenvalue weighted by Crippen LogP contribution is -2.37. The number of rotatable bonds is 7. The van der Waals surface area contributed by atoms with Crippen LogP contribution in [0.2, 0.25) is 0 Å². The SMILES string of the molecule is CC[C@H](Oc1cccc2ccccc12)C(=O)NCc1ccc(N2CCCCC2)cc1. The maximum absolute atomic E-state index is 12.8. The number of ether oxygens (including phenoxy) is 1. The van der Waals surface area contributed by atoms with Gasteiger partial charge in [0, 0.05) is 30.7 Å².